The minimum absolute atomic E-state index is 0.133. The second kappa shape index (κ2) is 6.11. The number of pyridine rings is 1. The summed E-state index contributed by atoms with van der Waals surface area (Å²) in [7, 11) is 0. The first-order valence-corrected chi connectivity index (χ1v) is 7.16. The minimum Gasteiger partial charge on any atom is -0.466 e. The zero-order chi connectivity index (χ0) is 15.5. The molecule has 0 N–H and O–H groups in total. The van der Waals surface area contributed by atoms with Gasteiger partial charge in [-0.1, -0.05) is 11.6 Å². The molecule has 0 saturated heterocycles. The maximum atomic E-state index is 11.5. The fraction of sp³-hybridized carbons (Fsp3) is 0.200. The molecule has 0 aromatic carbocycles. The van der Waals surface area contributed by atoms with Crippen LogP contribution >= 0.6 is 11.6 Å². The summed E-state index contributed by atoms with van der Waals surface area (Å²) in [5, 5.41) is 4.89. The van der Waals surface area contributed by atoms with Crippen LogP contribution in [0, 0.1) is 0 Å². The average molecular weight is 317 g/mol. The highest BCUT2D eigenvalue weighted by atomic mass is 35.5. The van der Waals surface area contributed by atoms with Gasteiger partial charge in [0.2, 0.25) is 0 Å². The zero-order valence-electron chi connectivity index (χ0n) is 11.9. The maximum Gasteiger partial charge on any atom is 0.311 e. The lowest BCUT2D eigenvalue weighted by Gasteiger charge is -2.01. The first-order chi connectivity index (χ1) is 10.7. The molecule has 6 nitrogen and oxygen atoms in total. The molecule has 0 amide bonds. The van der Waals surface area contributed by atoms with Crippen LogP contribution in [0.4, 0.5) is 0 Å². The number of aromatic nitrogens is 4. The number of fused-ring (bicyclic) bond motifs is 1. The SMILES string of the molecule is CCOC(=O)Cc1cn2nc(-c3ccnc(Cl)c3)ccc2n1. The summed E-state index contributed by atoms with van der Waals surface area (Å²) in [5.41, 5.74) is 2.90. The molecule has 0 aliphatic heterocycles. The number of carbonyl (C=O) groups excluding carboxylic acids is 1. The van der Waals surface area contributed by atoms with Crippen molar-refractivity contribution in [2.45, 2.75) is 13.3 Å². The van der Waals surface area contributed by atoms with Crippen LogP contribution in [0.1, 0.15) is 12.6 Å². The summed E-state index contributed by atoms with van der Waals surface area (Å²) in [6.07, 6.45) is 3.48. The van der Waals surface area contributed by atoms with Crippen LogP contribution < -0.4 is 0 Å². The smallest absolute Gasteiger partial charge is 0.311 e. The normalized spacial score (nSPS) is 10.8. The Hall–Kier alpha value is -2.47. The van der Waals surface area contributed by atoms with Gasteiger partial charge in [-0.15, -0.1) is 0 Å². The maximum absolute atomic E-state index is 11.5. The van der Waals surface area contributed by atoms with E-state index in [4.69, 9.17) is 16.3 Å². The summed E-state index contributed by atoms with van der Waals surface area (Å²) < 4.78 is 6.55. The van der Waals surface area contributed by atoms with E-state index in [0.29, 0.717) is 23.1 Å². The number of hydrogen-bond donors (Lipinski definition) is 0. The lowest BCUT2D eigenvalue weighted by molar-refractivity contribution is -0.142. The van der Waals surface area contributed by atoms with E-state index in [1.165, 1.54) is 0 Å². The van der Waals surface area contributed by atoms with Gasteiger partial charge in [0, 0.05) is 11.8 Å². The van der Waals surface area contributed by atoms with Gasteiger partial charge in [-0.3, -0.25) is 4.79 Å². The van der Waals surface area contributed by atoms with E-state index < -0.39 is 0 Å². The third-order valence-corrected chi connectivity index (χ3v) is 3.23. The van der Waals surface area contributed by atoms with Crippen molar-refractivity contribution in [2.24, 2.45) is 0 Å². The summed E-state index contributed by atoms with van der Waals surface area (Å²) in [6.45, 7) is 2.13. The number of rotatable bonds is 4. The molecule has 0 atom stereocenters. The zero-order valence-corrected chi connectivity index (χ0v) is 12.6. The first kappa shape index (κ1) is 14.5. The van der Waals surface area contributed by atoms with Crippen molar-refractivity contribution in [3.05, 3.63) is 47.5 Å². The average Bonchev–Trinajstić information content (AvgIpc) is 2.88. The number of hydrogen-bond acceptors (Lipinski definition) is 5. The Kier molecular flexibility index (Phi) is 4.02. The fourth-order valence-electron chi connectivity index (χ4n) is 2.09. The highest BCUT2D eigenvalue weighted by Crippen LogP contribution is 2.19. The summed E-state index contributed by atoms with van der Waals surface area (Å²) in [6, 6.07) is 7.26. The van der Waals surface area contributed by atoms with Gasteiger partial charge in [0.25, 0.3) is 0 Å². The Balaban J connectivity index is 1.91. The molecule has 7 heteroatoms. The largest absolute Gasteiger partial charge is 0.466 e. The molecule has 0 aliphatic rings. The van der Waals surface area contributed by atoms with E-state index in [9.17, 15) is 4.79 Å². The fourth-order valence-corrected chi connectivity index (χ4v) is 2.27. The van der Waals surface area contributed by atoms with Crippen molar-refractivity contribution in [1.82, 2.24) is 19.6 Å². The van der Waals surface area contributed by atoms with Crippen LogP contribution in [-0.4, -0.2) is 32.2 Å². The molecule has 3 aromatic rings. The van der Waals surface area contributed by atoms with Gasteiger partial charge in [0.1, 0.15) is 5.15 Å². The van der Waals surface area contributed by atoms with E-state index >= 15 is 0 Å². The Bertz CT molecular complexity index is 831. The summed E-state index contributed by atoms with van der Waals surface area (Å²) in [5.74, 6) is -0.299. The monoisotopic (exact) mass is 316 g/mol. The Morgan fingerprint density at radius 3 is 3.00 bits per heavy atom. The molecule has 3 heterocycles. The molecule has 0 bridgehead atoms. The number of imidazole rings is 1. The lowest BCUT2D eigenvalue weighted by Crippen LogP contribution is -2.07. The van der Waals surface area contributed by atoms with Gasteiger partial charge in [-0.25, -0.2) is 14.5 Å². The molecule has 3 aromatic heterocycles. The second-order valence-corrected chi connectivity index (χ2v) is 4.99. The number of carbonyl (C=O) groups is 1. The van der Waals surface area contributed by atoms with Crippen LogP contribution in [0.2, 0.25) is 5.15 Å². The van der Waals surface area contributed by atoms with Gasteiger partial charge in [0.15, 0.2) is 5.65 Å². The third kappa shape index (κ3) is 3.07. The predicted octanol–water partition coefficient (Wildman–Crippen LogP) is 2.55. The molecule has 0 radical (unpaired) electrons. The number of nitrogens with zero attached hydrogens (tertiary/aromatic N) is 4. The van der Waals surface area contributed by atoms with Crippen molar-refractivity contribution in [1.29, 1.82) is 0 Å². The van der Waals surface area contributed by atoms with Crippen molar-refractivity contribution in [3.8, 4) is 11.3 Å². The molecule has 0 aliphatic carbocycles. The Morgan fingerprint density at radius 1 is 1.36 bits per heavy atom. The van der Waals surface area contributed by atoms with Crippen molar-refractivity contribution in [2.75, 3.05) is 6.61 Å². The van der Waals surface area contributed by atoms with Gasteiger partial charge >= 0.3 is 5.97 Å². The van der Waals surface area contributed by atoms with Crippen molar-refractivity contribution in [3.63, 3.8) is 0 Å². The van der Waals surface area contributed by atoms with Crippen LogP contribution in [0.5, 0.6) is 0 Å². The van der Waals surface area contributed by atoms with E-state index in [2.05, 4.69) is 15.1 Å². The van der Waals surface area contributed by atoms with Crippen LogP contribution in [0.15, 0.2) is 36.7 Å². The first-order valence-electron chi connectivity index (χ1n) is 6.78. The van der Waals surface area contributed by atoms with E-state index in [-0.39, 0.29) is 12.4 Å². The molecule has 3 rings (SSSR count). The second-order valence-electron chi connectivity index (χ2n) is 4.60. The molecule has 0 fully saturated rings. The Labute approximate surface area is 131 Å². The van der Waals surface area contributed by atoms with Gasteiger partial charge < -0.3 is 4.74 Å². The molecule has 0 spiro atoms. The van der Waals surface area contributed by atoms with Crippen LogP contribution in [0.25, 0.3) is 16.9 Å². The third-order valence-electron chi connectivity index (χ3n) is 3.02. The molecule has 22 heavy (non-hydrogen) atoms. The van der Waals surface area contributed by atoms with Crippen molar-refractivity contribution >= 4 is 23.2 Å². The molecular weight excluding hydrogens is 304 g/mol. The number of ether oxygens (including phenoxy) is 1. The van der Waals surface area contributed by atoms with E-state index in [1.807, 2.05) is 18.2 Å². The standard InChI is InChI=1S/C15H13ClN4O2/c1-2-22-15(21)8-11-9-20-14(18-11)4-3-12(19-20)10-5-6-17-13(16)7-10/h3-7,9H,2,8H2,1H3. The van der Waals surface area contributed by atoms with Crippen LogP contribution in [-0.2, 0) is 16.0 Å². The molecule has 0 unspecified atom stereocenters. The van der Waals surface area contributed by atoms with Gasteiger partial charge in [0.05, 0.1) is 30.6 Å². The molecular formula is C15H13ClN4O2. The summed E-state index contributed by atoms with van der Waals surface area (Å²) >= 11 is 5.89. The predicted molar refractivity (Wildman–Crippen MR) is 81.6 cm³/mol. The number of halogens is 1. The van der Waals surface area contributed by atoms with E-state index in [0.717, 1.165) is 11.3 Å². The lowest BCUT2D eigenvalue weighted by atomic mass is 10.2. The van der Waals surface area contributed by atoms with Crippen LogP contribution in [0.3, 0.4) is 0 Å². The minimum atomic E-state index is -0.299. The summed E-state index contributed by atoms with van der Waals surface area (Å²) in [4.78, 5) is 19.8. The van der Waals surface area contributed by atoms with Gasteiger partial charge in [-0.05, 0) is 31.2 Å². The van der Waals surface area contributed by atoms with Gasteiger partial charge in [-0.2, -0.15) is 5.10 Å². The Morgan fingerprint density at radius 2 is 2.23 bits per heavy atom. The quantitative estimate of drug-likeness (QED) is 0.546. The molecule has 112 valence electrons. The number of esters is 1. The van der Waals surface area contributed by atoms with Crippen molar-refractivity contribution < 1.29 is 9.53 Å². The highest BCUT2D eigenvalue weighted by molar-refractivity contribution is 6.29. The highest BCUT2D eigenvalue weighted by Gasteiger charge is 2.10. The molecule has 0 saturated carbocycles. The topological polar surface area (TPSA) is 69.4 Å². The van der Waals surface area contributed by atoms with E-state index in [1.54, 1.807) is 29.9 Å².